The first-order chi connectivity index (χ1) is 8.11. The van der Waals surface area contributed by atoms with Crippen molar-refractivity contribution >= 4 is 5.69 Å². The van der Waals surface area contributed by atoms with Crippen LogP contribution in [0.5, 0.6) is 0 Å². The molecule has 1 N–H and O–H groups in total. The summed E-state index contributed by atoms with van der Waals surface area (Å²) in [6.45, 7) is 4.30. The van der Waals surface area contributed by atoms with Crippen LogP contribution < -0.4 is 10.2 Å². The summed E-state index contributed by atoms with van der Waals surface area (Å²) in [5, 5.41) is 3.28. The molecule has 0 radical (unpaired) electrons. The van der Waals surface area contributed by atoms with Crippen molar-refractivity contribution in [2.45, 2.75) is 19.4 Å². The molecule has 0 spiro atoms. The Morgan fingerprint density at radius 2 is 1.94 bits per heavy atom. The fourth-order valence-corrected chi connectivity index (χ4v) is 2.17. The predicted octanol–water partition coefficient (Wildman–Crippen LogP) is 2.29. The maximum absolute atomic E-state index is 13.1. The minimum absolute atomic E-state index is 0.330. The average molecular weight is 244 g/mol. The van der Waals surface area contributed by atoms with Crippen LogP contribution in [0.2, 0.25) is 0 Å². The molecule has 1 aromatic rings. The zero-order valence-corrected chi connectivity index (χ0v) is 9.64. The highest BCUT2D eigenvalue weighted by Gasteiger charge is 2.23. The van der Waals surface area contributed by atoms with E-state index in [2.05, 4.69) is 5.32 Å². The zero-order chi connectivity index (χ0) is 12.4. The summed E-state index contributed by atoms with van der Waals surface area (Å²) in [7, 11) is 0. The summed E-state index contributed by atoms with van der Waals surface area (Å²) < 4.78 is 39.0. The summed E-state index contributed by atoms with van der Waals surface area (Å²) in [4.78, 5) is 1.86. The lowest BCUT2D eigenvalue weighted by molar-refractivity contribution is 0.447. The molecule has 1 aliphatic rings. The molecule has 5 heteroatoms. The van der Waals surface area contributed by atoms with Crippen LogP contribution in [0.4, 0.5) is 18.9 Å². The number of hydrogen-bond donors (Lipinski definition) is 1. The van der Waals surface area contributed by atoms with Gasteiger partial charge in [-0.3, -0.25) is 0 Å². The highest BCUT2D eigenvalue weighted by atomic mass is 19.2. The van der Waals surface area contributed by atoms with E-state index in [1.165, 1.54) is 0 Å². The first-order valence-electron chi connectivity index (χ1n) is 5.74. The Hall–Kier alpha value is -1.23. The van der Waals surface area contributed by atoms with Gasteiger partial charge in [-0.05, 0) is 13.0 Å². The molecule has 1 unspecified atom stereocenters. The topological polar surface area (TPSA) is 15.3 Å². The molecule has 2 rings (SSSR count). The van der Waals surface area contributed by atoms with E-state index in [1.807, 2.05) is 11.8 Å². The van der Waals surface area contributed by atoms with E-state index < -0.39 is 17.5 Å². The maximum atomic E-state index is 13.1. The summed E-state index contributed by atoms with van der Waals surface area (Å²) in [6.07, 6.45) is 0.925. The third kappa shape index (κ3) is 2.54. The van der Waals surface area contributed by atoms with Gasteiger partial charge in [-0.1, -0.05) is 6.92 Å². The summed E-state index contributed by atoms with van der Waals surface area (Å²) in [5.74, 6) is -3.67. The molecule has 17 heavy (non-hydrogen) atoms. The summed E-state index contributed by atoms with van der Waals surface area (Å²) in [6, 6.07) is 2.43. The zero-order valence-electron chi connectivity index (χ0n) is 9.64. The molecule has 0 amide bonds. The van der Waals surface area contributed by atoms with Gasteiger partial charge in [-0.2, -0.15) is 0 Å². The normalized spacial score (nSPS) is 20.0. The average Bonchev–Trinajstić information content (AvgIpc) is 2.74. The smallest absolute Gasteiger partial charge is 0.194 e. The molecule has 2 nitrogen and oxygen atoms in total. The second-order valence-electron chi connectivity index (χ2n) is 4.21. The quantitative estimate of drug-likeness (QED) is 0.821. The van der Waals surface area contributed by atoms with Gasteiger partial charge < -0.3 is 10.2 Å². The van der Waals surface area contributed by atoms with Crippen molar-refractivity contribution in [3.63, 3.8) is 0 Å². The van der Waals surface area contributed by atoms with E-state index in [1.54, 1.807) is 0 Å². The Bertz CT molecular complexity index is 386. The standard InChI is InChI=1S/C12H15F3N2/c1-2-16-8-3-4-17(7-8)9-5-10(13)12(15)11(14)6-9/h5-6,8,16H,2-4,7H2,1H3. The fourth-order valence-electron chi connectivity index (χ4n) is 2.17. The monoisotopic (exact) mass is 244 g/mol. The van der Waals surface area contributed by atoms with Gasteiger partial charge in [0.15, 0.2) is 17.5 Å². The number of likely N-dealkylation sites (N-methyl/N-ethyl adjacent to an activating group) is 1. The molecule has 1 aliphatic heterocycles. The summed E-state index contributed by atoms with van der Waals surface area (Å²) in [5.41, 5.74) is 0.404. The number of halogens is 3. The van der Waals surface area contributed by atoms with E-state index in [0.29, 0.717) is 18.3 Å². The Kier molecular flexibility index (Phi) is 3.57. The largest absolute Gasteiger partial charge is 0.370 e. The van der Waals surface area contributed by atoms with Crippen molar-refractivity contribution in [3.8, 4) is 0 Å². The molecule has 1 saturated heterocycles. The molecule has 1 heterocycles. The molecule has 94 valence electrons. The summed E-state index contributed by atoms with van der Waals surface area (Å²) >= 11 is 0. The lowest BCUT2D eigenvalue weighted by Crippen LogP contribution is -2.32. The minimum Gasteiger partial charge on any atom is -0.370 e. The van der Waals surface area contributed by atoms with Crippen LogP contribution in [0.15, 0.2) is 12.1 Å². The number of benzene rings is 1. The molecule has 1 aromatic carbocycles. The van der Waals surface area contributed by atoms with Crippen LogP contribution in [0.25, 0.3) is 0 Å². The lowest BCUT2D eigenvalue weighted by Gasteiger charge is -2.19. The third-order valence-corrected chi connectivity index (χ3v) is 3.01. The molecular formula is C12H15F3N2. The van der Waals surface area contributed by atoms with Crippen molar-refractivity contribution in [2.75, 3.05) is 24.5 Å². The van der Waals surface area contributed by atoms with Gasteiger partial charge in [-0.15, -0.1) is 0 Å². The fraction of sp³-hybridized carbons (Fsp3) is 0.500. The van der Waals surface area contributed by atoms with E-state index in [-0.39, 0.29) is 0 Å². The van der Waals surface area contributed by atoms with E-state index in [0.717, 1.165) is 31.6 Å². The lowest BCUT2D eigenvalue weighted by atomic mass is 10.2. The Balaban J connectivity index is 2.14. The van der Waals surface area contributed by atoms with Crippen molar-refractivity contribution in [1.29, 1.82) is 0 Å². The van der Waals surface area contributed by atoms with Gasteiger partial charge in [0.25, 0.3) is 0 Å². The van der Waals surface area contributed by atoms with Gasteiger partial charge in [0.2, 0.25) is 0 Å². The van der Waals surface area contributed by atoms with E-state index >= 15 is 0 Å². The van der Waals surface area contributed by atoms with Crippen molar-refractivity contribution in [2.24, 2.45) is 0 Å². The van der Waals surface area contributed by atoms with Crippen molar-refractivity contribution in [1.82, 2.24) is 5.32 Å². The van der Waals surface area contributed by atoms with E-state index in [4.69, 9.17) is 0 Å². The molecule has 1 fully saturated rings. The molecule has 0 aliphatic carbocycles. The Morgan fingerprint density at radius 3 is 2.53 bits per heavy atom. The highest BCUT2D eigenvalue weighted by molar-refractivity contribution is 5.48. The van der Waals surface area contributed by atoms with E-state index in [9.17, 15) is 13.2 Å². The Morgan fingerprint density at radius 1 is 1.29 bits per heavy atom. The van der Waals surface area contributed by atoms with Gasteiger partial charge in [0.05, 0.1) is 0 Å². The maximum Gasteiger partial charge on any atom is 0.194 e. The number of nitrogens with one attached hydrogen (secondary N) is 1. The van der Waals surface area contributed by atoms with Crippen LogP contribution in [0.3, 0.4) is 0 Å². The highest BCUT2D eigenvalue weighted by Crippen LogP contribution is 2.24. The van der Waals surface area contributed by atoms with Crippen LogP contribution in [-0.4, -0.2) is 25.7 Å². The number of rotatable bonds is 3. The molecule has 1 atom stereocenters. The van der Waals surface area contributed by atoms with Crippen molar-refractivity contribution in [3.05, 3.63) is 29.6 Å². The first-order valence-corrected chi connectivity index (χ1v) is 5.74. The molecular weight excluding hydrogens is 229 g/mol. The SMILES string of the molecule is CCNC1CCN(c2cc(F)c(F)c(F)c2)C1. The molecule has 0 bridgehead atoms. The molecule has 0 saturated carbocycles. The number of hydrogen-bond acceptors (Lipinski definition) is 2. The minimum atomic E-state index is -1.41. The molecule has 0 aromatic heterocycles. The van der Waals surface area contributed by atoms with Crippen LogP contribution >= 0.6 is 0 Å². The van der Waals surface area contributed by atoms with Crippen LogP contribution in [0, 0.1) is 17.5 Å². The van der Waals surface area contributed by atoms with Gasteiger partial charge in [0, 0.05) is 37.0 Å². The second-order valence-corrected chi connectivity index (χ2v) is 4.21. The van der Waals surface area contributed by atoms with Gasteiger partial charge >= 0.3 is 0 Å². The number of nitrogens with zero attached hydrogens (tertiary/aromatic N) is 1. The number of anilines is 1. The van der Waals surface area contributed by atoms with Gasteiger partial charge in [-0.25, -0.2) is 13.2 Å². The van der Waals surface area contributed by atoms with Crippen molar-refractivity contribution < 1.29 is 13.2 Å². The second kappa shape index (κ2) is 4.96. The predicted molar refractivity (Wildman–Crippen MR) is 60.6 cm³/mol. The third-order valence-electron chi connectivity index (χ3n) is 3.01. The van der Waals surface area contributed by atoms with Crippen LogP contribution in [0.1, 0.15) is 13.3 Å². The Labute approximate surface area is 98.4 Å². The van der Waals surface area contributed by atoms with Crippen LogP contribution in [-0.2, 0) is 0 Å². The first kappa shape index (κ1) is 12.2. The van der Waals surface area contributed by atoms with Gasteiger partial charge in [0.1, 0.15) is 0 Å².